The largest absolute Gasteiger partial charge is 0.459 e. The van der Waals surface area contributed by atoms with Crippen molar-refractivity contribution in [1.29, 1.82) is 0 Å². The van der Waals surface area contributed by atoms with E-state index < -0.39 is 141 Å². The second-order valence-corrected chi connectivity index (χ2v) is 16.5. The van der Waals surface area contributed by atoms with E-state index in [9.17, 15) is 39.3 Å². The number of aliphatic hydroxyl groups is 3. The molecule has 3 aliphatic heterocycles. The lowest BCUT2D eigenvalue weighted by Gasteiger charge is -2.65. The molecule has 8 fully saturated rings. The van der Waals surface area contributed by atoms with E-state index in [0.29, 0.717) is 0 Å². The Bertz CT molecular complexity index is 1540. The first-order chi connectivity index (χ1) is 22.2. The lowest BCUT2D eigenvalue weighted by Crippen LogP contribution is -2.74. The third kappa shape index (κ3) is 3.39. The van der Waals surface area contributed by atoms with Crippen LogP contribution in [0.3, 0.4) is 0 Å². The van der Waals surface area contributed by atoms with Crippen molar-refractivity contribution in [3.63, 3.8) is 0 Å². The first-order valence-corrected chi connectivity index (χ1v) is 16.9. The first-order valence-electron chi connectivity index (χ1n) is 16.9. The van der Waals surface area contributed by atoms with Gasteiger partial charge in [-0.3, -0.25) is 19.2 Å². The van der Waals surface area contributed by atoms with Gasteiger partial charge >= 0.3 is 23.9 Å². The molecule has 1 spiro atoms. The van der Waals surface area contributed by atoms with E-state index in [-0.39, 0.29) is 12.5 Å². The monoisotopic (exact) mass is 676 g/mol. The summed E-state index contributed by atoms with van der Waals surface area (Å²) in [6, 6.07) is 0. The Labute approximate surface area is 277 Å². The summed E-state index contributed by atoms with van der Waals surface area (Å²) in [6.45, 7) is 12.1. The van der Waals surface area contributed by atoms with Gasteiger partial charge in [0, 0.05) is 61.2 Å². The number of aliphatic hydroxyl groups excluding tert-OH is 2. The van der Waals surface area contributed by atoms with Gasteiger partial charge in [-0.2, -0.15) is 0 Å². The summed E-state index contributed by atoms with van der Waals surface area (Å²) in [5.74, 6) is -10.9. The molecule has 3 N–H and O–H groups in total. The fourth-order valence-electron chi connectivity index (χ4n) is 12.9. The van der Waals surface area contributed by atoms with Gasteiger partial charge in [-0.1, -0.05) is 20.8 Å². The van der Waals surface area contributed by atoms with Crippen LogP contribution in [0.1, 0.15) is 61.8 Å². The highest BCUT2D eigenvalue weighted by Gasteiger charge is 2.93. The molecule has 8 aliphatic rings. The highest BCUT2D eigenvalue weighted by molar-refractivity contribution is 5.88. The molecule has 3 heterocycles. The third-order valence-corrected chi connectivity index (χ3v) is 14.7. The molecule has 0 radical (unpaired) electrons. The number of rotatable bonds is 3. The van der Waals surface area contributed by atoms with Crippen LogP contribution in [-0.4, -0.2) is 105 Å². The fourth-order valence-corrected chi connectivity index (χ4v) is 12.9. The van der Waals surface area contributed by atoms with Crippen molar-refractivity contribution in [2.75, 3.05) is 0 Å². The van der Waals surface area contributed by atoms with Crippen molar-refractivity contribution in [2.45, 2.75) is 122 Å². The van der Waals surface area contributed by atoms with Crippen molar-refractivity contribution >= 4 is 29.7 Å². The van der Waals surface area contributed by atoms with Crippen LogP contribution in [-0.2, 0) is 52.4 Å². The SMILES string of the molecule is CC(=O)O[C@H]1[C@H]2[C@H]([C@@H]3[C@@H](O)[C@@H]4[C@H]([C@H](C)C5O[C@]56OC(=O)[C@@](C)(O)[C@]46C)[C@@]3(C)[C@H]1OC(C)=O)[C@@H](O)C(=O)[C@H]1C[C@@H]3O[C@@H]3[C@H](OC(C)=O)[C@]21C. The lowest BCUT2D eigenvalue weighted by atomic mass is 9.41. The predicted octanol–water partition coefficient (Wildman–Crippen LogP) is 0.0530. The van der Waals surface area contributed by atoms with E-state index in [4.69, 9.17) is 28.4 Å². The van der Waals surface area contributed by atoms with E-state index >= 15 is 0 Å². The topological polar surface area (TPSA) is 208 Å². The quantitative estimate of drug-likeness (QED) is 0.205. The summed E-state index contributed by atoms with van der Waals surface area (Å²) < 4.78 is 36.1. The van der Waals surface area contributed by atoms with E-state index in [1.807, 2.05) is 6.92 Å². The van der Waals surface area contributed by atoms with Crippen LogP contribution in [0.4, 0.5) is 0 Å². The number of carbonyl (C=O) groups excluding carboxylic acids is 5. The minimum absolute atomic E-state index is 0.234. The Hall–Kier alpha value is -2.65. The molecule has 3 saturated heterocycles. The van der Waals surface area contributed by atoms with Gasteiger partial charge in [-0.25, -0.2) is 4.79 Å². The summed E-state index contributed by atoms with van der Waals surface area (Å²) >= 11 is 0. The molecular formula is C34H44O14. The summed E-state index contributed by atoms with van der Waals surface area (Å²) in [4.78, 5) is 66.2. The van der Waals surface area contributed by atoms with E-state index in [2.05, 4.69) is 0 Å². The molecule has 8 rings (SSSR count). The maximum Gasteiger partial charge on any atom is 0.341 e. The van der Waals surface area contributed by atoms with Crippen molar-refractivity contribution < 1.29 is 67.7 Å². The molecule has 0 aromatic rings. The number of ether oxygens (including phenoxy) is 6. The van der Waals surface area contributed by atoms with E-state index in [1.165, 1.54) is 27.7 Å². The number of Topliss-reactive ketones (excluding diaryl/α,β-unsaturated/α-hetero) is 1. The van der Waals surface area contributed by atoms with Gasteiger partial charge in [0.15, 0.2) is 11.4 Å². The molecular weight excluding hydrogens is 632 g/mol. The van der Waals surface area contributed by atoms with Crippen LogP contribution < -0.4 is 0 Å². The molecule has 0 aromatic carbocycles. The third-order valence-electron chi connectivity index (χ3n) is 14.7. The van der Waals surface area contributed by atoms with E-state index in [1.54, 1.807) is 20.8 Å². The van der Waals surface area contributed by atoms with E-state index in [0.717, 1.165) is 0 Å². The molecule has 0 amide bonds. The second-order valence-electron chi connectivity index (χ2n) is 16.5. The number of ketones is 1. The van der Waals surface area contributed by atoms with Crippen LogP contribution in [0.25, 0.3) is 0 Å². The Morgan fingerprint density at radius 3 is 2.04 bits per heavy atom. The van der Waals surface area contributed by atoms with Crippen molar-refractivity contribution in [1.82, 2.24) is 0 Å². The Kier molecular flexibility index (Phi) is 6.35. The zero-order valence-electron chi connectivity index (χ0n) is 28.2. The molecule has 1 unspecified atom stereocenters. The average Bonchev–Trinajstić information content (AvgIpc) is 3.88. The molecule has 264 valence electrons. The molecule has 5 aliphatic carbocycles. The Morgan fingerprint density at radius 2 is 1.44 bits per heavy atom. The predicted molar refractivity (Wildman–Crippen MR) is 156 cm³/mol. The van der Waals surface area contributed by atoms with Gasteiger partial charge < -0.3 is 43.7 Å². The minimum atomic E-state index is -2.11. The van der Waals surface area contributed by atoms with Crippen molar-refractivity contribution in [3.8, 4) is 0 Å². The van der Waals surface area contributed by atoms with Gasteiger partial charge in [0.05, 0.1) is 17.6 Å². The van der Waals surface area contributed by atoms with Gasteiger partial charge in [0.1, 0.15) is 36.6 Å². The van der Waals surface area contributed by atoms with Crippen LogP contribution in [0.15, 0.2) is 0 Å². The summed E-state index contributed by atoms with van der Waals surface area (Å²) in [7, 11) is 0. The number of epoxide rings is 2. The van der Waals surface area contributed by atoms with Crippen molar-refractivity contribution in [2.24, 2.45) is 57.7 Å². The zero-order valence-corrected chi connectivity index (χ0v) is 28.2. The summed E-state index contributed by atoms with van der Waals surface area (Å²) in [5, 5.41) is 36.8. The molecule has 0 bridgehead atoms. The summed E-state index contributed by atoms with van der Waals surface area (Å²) in [5.41, 5.74) is -6.23. The van der Waals surface area contributed by atoms with Crippen LogP contribution in [0.2, 0.25) is 0 Å². The molecule has 14 nitrogen and oxygen atoms in total. The van der Waals surface area contributed by atoms with Gasteiger partial charge in [0.25, 0.3) is 0 Å². The van der Waals surface area contributed by atoms with Gasteiger partial charge in [-0.05, 0) is 32.1 Å². The lowest BCUT2D eigenvalue weighted by molar-refractivity contribution is -0.273. The molecule has 48 heavy (non-hydrogen) atoms. The number of fused-ring (bicyclic) bond motifs is 9. The van der Waals surface area contributed by atoms with Gasteiger partial charge in [-0.15, -0.1) is 0 Å². The van der Waals surface area contributed by atoms with Gasteiger partial charge in [0.2, 0.25) is 5.79 Å². The molecule has 5 saturated carbocycles. The average molecular weight is 677 g/mol. The number of carbonyl (C=O) groups is 5. The highest BCUT2D eigenvalue weighted by atomic mass is 16.8. The summed E-state index contributed by atoms with van der Waals surface area (Å²) in [6.07, 6.45) is -7.90. The van der Waals surface area contributed by atoms with Crippen LogP contribution in [0.5, 0.6) is 0 Å². The maximum atomic E-state index is 14.4. The second kappa shape index (κ2) is 9.36. The molecule has 0 aromatic heterocycles. The zero-order chi connectivity index (χ0) is 35.0. The standard InChI is InChI=1S/C34H44O14/c1-10-17-20(32(7)33(8,42)29(41)48-34(32)26(10)47-34)23(40)18-16-19(25(43-11(2)35)28(31(17,18)6)45-13(4)37)30(5)14(21(38)22(16)39)9-15-24(46-15)27(30)44-12(3)36/h10,14-20,22-28,39-40,42H,9H2,1-8H3/t10-,14+,15-,16-,17-,18+,19+,20-,22+,23+,24-,25-,26?,27-,28-,30-,31+,32-,33+,34-/m0/s1. The number of esters is 4. The fraction of sp³-hybridized carbons (Fsp3) is 0.853. The smallest absolute Gasteiger partial charge is 0.341 e. The number of hydrogen-bond acceptors (Lipinski definition) is 14. The number of hydrogen-bond donors (Lipinski definition) is 3. The molecule has 14 heteroatoms. The highest BCUT2D eigenvalue weighted by Crippen LogP contribution is 2.80. The van der Waals surface area contributed by atoms with Crippen LogP contribution in [0, 0.1) is 57.7 Å². The Morgan fingerprint density at radius 1 is 0.833 bits per heavy atom. The normalized spacial score (nSPS) is 59.6. The Balaban J connectivity index is 1.38. The first kappa shape index (κ1) is 32.5. The minimum Gasteiger partial charge on any atom is -0.459 e. The van der Waals surface area contributed by atoms with Crippen LogP contribution >= 0.6 is 0 Å². The van der Waals surface area contributed by atoms with Crippen molar-refractivity contribution in [3.05, 3.63) is 0 Å². The maximum absolute atomic E-state index is 14.4. The molecule has 20 atom stereocenters.